The van der Waals surface area contributed by atoms with Gasteiger partial charge in [0.25, 0.3) is 0 Å². The van der Waals surface area contributed by atoms with Crippen LogP contribution in [0.4, 0.5) is 0 Å². The molecular formula is C18H29N5O2. The number of piperidine rings is 1. The van der Waals surface area contributed by atoms with E-state index in [1.165, 1.54) is 6.92 Å². The number of amides is 2. The molecule has 0 aromatic carbocycles. The number of nitrogens with zero attached hydrogens (tertiary/aromatic N) is 4. The Hall–Kier alpha value is -1.92. The summed E-state index contributed by atoms with van der Waals surface area (Å²) in [6, 6.07) is -0.210. The lowest BCUT2D eigenvalue weighted by molar-refractivity contribution is -0.139. The van der Waals surface area contributed by atoms with Crippen molar-refractivity contribution >= 4 is 11.8 Å². The minimum Gasteiger partial charge on any atom is -0.344 e. The average Bonchev–Trinajstić information content (AvgIpc) is 3.21. The molecule has 0 radical (unpaired) electrons. The number of likely N-dealkylation sites (tertiary alicyclic amines) is 1. The summed E-state index contributed by atoms with van der Waals surface area (Å²) in [6.45, 7) is 6.74. The predicted molar refractivity (Wildman–Crippen MR) is 93.9 cm³/mol. The van der Waals surface area contributed by atoms with Gasteiger partial charge in [-0.3, -0.25) is 9.59 Å². The van der Waals surface area contributed by atoms with Gasteiger partial charge in [0.1, 0.15) is 17.7 Å². The lowest BCUT2D eigenvalue weighted by atomic mass is 9.95. The van der Waals surface area contributed by atoms with Gasteiger partial charge in [0.05, 0.1) is 6.04 Å². The third kappa shape index (κ3) is 4.02. The summed E-state index contributed by atoms with van der Waals surface area (Å²) in [7, 11) is 0. The minimum atomic E-state index is -0.377. The highest BCUT2D eigenvalue weighted by Gasteiger charge is 2.36. The van der Waals surface area contributed by atoms with E-state index in [1.54, 1.807) is 0 Å². The van der Waals surface area contributed by atoms with E-state index in [9.17, 15) is 9.59 Å². The average molecular weight is 347 g/mol. The molecule has 2 amide bonds. The molecule has 1 aliphatic heterocycles. The first-order valence-corrected chi connectivity index (χ1v) is 9.41. The molecule has 3 rings (SSSR count). The highest BCUT2D eigenvalue weighted by Crippen LogP contribution is 2.30. The highest BCUT2D eigenvalue weighted by molar-refractivity contribution is 5.87. The molecule has 2 aliphatic rings. The third-order valence-corrected chi connectivity index (χ3v) is 5.46. The molecule has 1 saturated heterocycles. The summed E-state index contributed by atoms with van der Waals surface area (Å²) >= 11 is 0. The van der Waals surface area contributed by atoms with Crippen molar-refractivity contribution in [3.05, 3.63) is 11.6 Å². The third-order valence-electron chi connectivity index (χ3n) is 5.46. The van der Waals surface area contributed by atoms with Crippen LogP contribution in [-0.2, 0) is 9.59 Å². The Balaban J connectivity index is 1.73. The summed E-state index contributed by atoms with van der Waals surface area (Å²) in [4.78, 5) is 31.1. The van der Waals surface area contributed by atoms with Crippen LogP contribution < -0.4 is 5.32 Å². The Morgan fingerprint density at radius 3 is 2.48 bits per heavy atom. The zero-order valence-electron chi connectivity index (χ0n) is 15.5. The quantitative estimate of drug-likeness (QED) is 0.900. The number of nitrogens with one attached hydrogen (secondary N) is 1. The summed E-state index contributed by atoms with van der Waals surface area (Å²) < 4.78 is 1.96. The fourth-order valence-electron chi connectivity index (χ4n) is 4.32. The summed E-state index contributed by atoms with van der Waals surface area (Å²) in [6.07, 6.45) is 6.29. The predicted octanol–water partition coefficient (Wildman–Crippen LogP) is 1.75. The van der Waals surface area contributed by atoms with Gasteiger partial charge in [-0.05, 0) is 45.4 Å². The second-order valence-corrected chi connectivity index (χ2v) is 7.45. The van der Waals surface area contributed by atoms with E-state index in [-0.39, 0.29) is 29.8 Å². The van der Waals surface area contributed by atoms with Gasteiger partial charge < -0.3 is 10.2 Å². The second-order valence-electron chi connectivity index (χ2n) is 7.45. The first-order valence-electron chi connectivity index (χ1n) is 9.41. The van der Waals surface area contributed by atoms with Crippen molar-refractivity contribution < 1.29 is 9.59 Å². The van der Waals surface area contributed by atoms with Gasteiger partial charge in [-0.1, -0.05) is 12.8 Å². The standard InChI is InChI=1S/C18H29N5O2/c1-12-19-13(2)23(21-12)16-9-6-10-22(11-16)18(25)17(20-14(3)24)15-7-4-5-8-15/h15-17H,4-11H2,1-3H3,(H,20,24)/t16-,17+/m1/s1. The Morgan fingerprint density at radius 2 is 1.88 bits per heavy atom. The largest absolute Gasteiger partial charge is 0.344 e. The fraction of sp³-hybridized carbons (Fsp3) is 0.778. The van der Waals surface area contributed by atoms with E-state index in [2.05, 4.69) is 15.4 Å². The Bertz CT molecular complexity index is 635. The molecular weight excluding hydrogens is 318 g/mol. The maximum atomic E-state index is 13.2. The first kappa shape index (κ1) is 17.9. The van der Waals surface area contributed by atoms with Crippen LogP contribution in [0.5, 0.6) is 0 Å². The Kier molecular flexibility index (Phi) is 5.39. The summed E-state index contributed by atoms with van der Waals surface area (Å²) in [5.74, 6) is 1.88. The number of aryl methyl sites for hydroxylation is 2. The van der Waals surface area contributed by atoms with E-state index in [0.29, 0.717) is 6.54 Å². The number of hydrogen-bond acceptors (Lipinski definition) is 4. The molecule has 1 aromatic heterocycles. The molecule has 2 atom stereocenters. The molecule has 0 spiro atoms. The molecule has 1 aliphatic carbocycles. The van der Waals surface area contributed by atoms with Crippen molar-refractivity contribution in [2.24, 2.45) is 5.92 Å². The molecule has 7 nitrogen and oxygen atoms in total. The molecule has 0 unspecified atom stereocenters. The first-order chi connectivity index (χ1) is 12.0. The van der Waals surface area contributed by atoms with Crippen LogP contribution in [-0.4, -0.2) is 50.6 Å². The normalized spacial score (nSPS) is 22.8. The van der Waals surface area contributed by atoms with Crippen LogP contribution in [0.15, 0.2) is 0 Å². The number of aromatic nitrogens is 3. The molecule has 0 bridgehead atoms. The molecule has 1 aromatic rings. The van der Waals surface area contributed by atoms with Gasteiger partial charge in [-0.2, -0.15) is 5.10 Å². The van der Waals surface area contributed by atoms with Crippen molar-refractivity contribution in [2.45, 2.75) is 71.4 Å². The van der Waals surface area contributed by atoms with E-state index in [4.69, 9.17) is 0 Å². The lowest BCUT2D eigenvalue weighted by Crippen LogP contribution is -2.53. The maximum absolute atomic E-state index is 13.2. The Labute approximate surface area is 149 Å². The van der Waals surface area contributed by atoms with Crippen molar-refractivity contribution in [1.29, 1.82) is 0 Å². The SMILES string of the molecule is CC(=O)N[C@H](C(=O)N1CCC[C@@H](n2nc(C)nc2C)C1)C1CCCC1. The van der Waals surface area contributed by atoms with Crippen LogP contribution in [0.1, 0.15) is 63.1 Å². The Morgan fingerprint density at radius 1 is 1.16 bits per heavy atom. The van der Waals surface area contributed by atoms with Gasteiger partial charge in [-0.25, -0.2) is 9.67 Å². The minimum absolute atomic E-state index is 0.0706. The van der Waals surface area contributed by atoms with Crippen molar-refractivity contribution in [1.82, 2.24) is 25.0 Å². The van der Waals surface area contributed by atoms with Gasteiger partial charge in [0.2, 0.25) is 11.8 Å². The van der Waals surface area contributed by atoms with Crippen LogP contribution in [0.2, 0.25) is 0 Å². The highest BCUT2D eigenvalue weighted by atomic mass is 16.2. The molecule has 2 heterocycles. The number of rotatable bonds is 4. The summed E-state index contributed by atoms with van der Waals surface area (Å²) in [5.41, 5.74) is 0. The monoisotopic (exact) mass is 347 g/mol. The van der Waals surface area contributed by atoms with Crippen LogP contribution in [0.3, 0.4) is 0 Å². The fourth-order valence-corrected chi connectivity index (χ4v) is 4.32. The van der Waals surface area contributed by atoms with E-state index >= 15 is 0 Å². The number of carbonyl (C=O) groups is 2. The van der Waals surface area contributed by atoms with Crippen LogP contribution >= 0.6 is 0 Å². The zero-order valence-corrected chi connectivity index (χ0v) is 15.5. The zero-order chi connectivity index (χ0) is 18.0. The van der Waals surface area contributed by atoms with Crippen LogP contribution in [0.25, 0.3) is 0 Å². The van der Waals surface area contributed by atoms with E-state index < -0.39 is 0 Å². The van der Waals surface area contributed by atoms with E-state index in [0.717, 1.165) is 56.7 Å². The van der Waals surface area contributed by atoms with Crippen molar-refractivity contribution in [3.8, 4) is 0 Å². The molecule has 25 heavy (non-hydrogen) atoms. The molecule has 1 saturated carbocycles. The maximum Gasteiger partial charge on any atom is 0.245 e. The molecule has 138 valence electrons. The van der Waals surface area contributed by atoms with Gasteiger partial charge in [-0.15, -0.1) is 0 Å². The van der Waals surface area contributed by atoms with E-state index in [1.807, 2.05) is 23.4 Å². The summed E-state index contributed by atoms with van der Waals surface area (Å²) in [5, 5.41) is 7.42. The van der Waals surface area contributed by atoms with Crippen LogP contribution in [0, 0.1) is 19.8 Å². The van der Waals surface area contributed by atoms with Crippen molar-refractivity contribution in [2.75, 3.05) is 13.1 Å². The second kappa shape index (κ2) is 7.54. The molecule has 2 fully saturated rings. The van der Waals surface area contributed by atoms with Gasteiger partial charge in [0.15, 0.2) is 0 Å². The lowest BCUT2D eigenvalue weighted by Gasteiger charge is -2.36. The van der Waals surface area contributed by atoms with Gasteiger partial charge in [0, 0.05) is 20.0 Å². The molecule has 7 heteroatoms. The number of hydrogen-bond donors (Lipinski definition) is 1. The van der Waals surface area contributed by atoms with Crippen molar-refractivity contribution in [3.63, 3.8) is 0 Å². The molecule has 1 N–H and O–H groups in total. The number of carbonyl (C=O) groups excluding carboxylic acids is 2. The smallest absolute Gasteiger partial charge is 0.245 e. The van der Waals surface area contributed by atoms with Gasteiger partial charge >= 0.3 is 0 Å². The topological polar surface area (TPSA) is 80.1 Å².